The van der Waals surface area contributed by atoms with Gasteiger partial charge in [0.15, 0.2) is 0 Å². The average Bonchev–Trinajstić information content (AvgIpc) is 3.09. The molecule has 136 valence electrons. The lowest BCUT2D eigenvalue weighted by atomic mass is 10.0. The Balaban J connectivity index is 1.44. The van der Waals surface area contributed by atoms with E-state index in [1.807, 2.05) is 30.3 Å². The summed E-state index contributed by atoms with van der Waals surface area (Å²) in [5.41, 5.74) is 3.61. The first-order valence-electron chi connectivity index (χ1n) is 8.77. The topological polar surface area (TPSA) is 75.4 Å². The number of hydrogen-bond donors (Lipinski definition) is 1. The van der Waals surface area contributed by atoms with Gasteiger partial charge in [0.2, 0.25) is 11.8 Å². The van der Waals surface area contributed by atoms with Crippen LogP contribution in [0.3, 0.4) is 0 Å². The highest BCUT2D eigenvalue weighted by molar-refractivity contribution is 5.94. The molecular formula is C21H19N3O3. The number of carbonyl (C=O) groups is 2. The summed E-state index contributed by atoms with van der Waals surface area (Å²) in [7, 11) is 1.76. The first-order valence-corrected chi connectivity index (χ1v) is 8.77. The van der Waals surface area contributed by atoms with E-state index in [9.17, 15) is 9.59 Å². The summed E-state index contributed by atoms with van der Waals surface area (Å²) < 4.78 is 5.53. The van der Waals surface area contributed by atoms with E-state index in [4.69, 9.17) is 4.42 Å². The molecule has 0 spiro atoms. The zero-order valence-corrected chi connectivity index (χ0v) is 14.9. The van der Waals surface area contributed by atoms with Gasteiger partial charge in [0.1, 0.15) is 11.4 Å². The molecule has 0 saturated carbocycles. The molecule has 4 rings (SSSR count). The van der Waals surface area contributed by atoms with Crippen molar-refractivity contribution in [3.8, 4) is 0 Å². The fourth-order valence-corrected chi connectivity index (χ4v) is 3.15. The lowest BCUT2D eigenvalue weighted by Gasteiger charge is -2.16. The molecule has 1 aliphatic heterocycles. The minimum atomic E-state index is -0.105. The number of pyridine rings is 1. The molecule has 0 unspecified atom stereocenters. The molecule has 0 bridgehead atoms. The zero-order valence-electron chi connectivity index (χ0n) is 14.9. The Morgan fingerprint density at radius 1 is 1.33 bits per heavy atom. The minimum absolute atomic E-state index is 0.0122. The molecule has 0 radical (unpaired) electrons. The second kappa shape index (κ2) is 7.07. The molecule has 1 aliphatic rings. The van der Waals surface area contributed by atoms with E-state index >= 15 is 0 Å². The van der Waals surface area contributed by atoms with Crippen LogP contribution in [0.2, 0.25) is 0 Å². The van der Waals surface area contributed by atoms with Crippen LogP contribution in [0.25, 0.3) is 17.0 Å². The Morgan fingerprint density at radius 2 is 2.19 bits per heavy atom. The second-order valence-corrected chi connectivity index (χ2v) is 6.61. The van der Waals surface area contributed by atoms with E-state index < -0.39 is 0 Å². The predicted molar refractivity (Wildman–Crippen MR) is 103 cm³/mol. The number of fused-ring (bicyclic) bond motifs is 2. The van der Waals surface area contributed by atoms with Crippen molar-refractivity contribution in [1.29, 1.82) is 0 Å². The molecule has 27 heavy (non-hydrogen) atoms. The lowest BCUT2D eigenvalue weighted by molar-refractivity contribution is -0.125. The van der Waals surface area contributed by atoms with Gasteiger partial charge in [-0.25, -0.2) is 4.98 Å². The monoisotopic (exact) mass is 361 g/mol. The fourth-order valence-electron chi connectivity index (χ4n) is 3.15. The number of amides is 2. The van der Waals surface area contributed by atoms with Gasteiger partial charge in [-0.05, 0) is 35.8 Å². The Hall–Kier alpha value is -3.41. The van der Waals surface area contributed by atoms with Crippen LogP contribution in [-0.4, -0.2) is 28.7 Å². The maximum absolute atomic E-state index is 12.4. The van der Waals surface area contributed by atoms with Crippen LogP contribution in [0.5, 0.6) is 0 Å². The van der Waals surface area contributed by atoms with E-state index in [0.717, 1.165) is 27.7 Å². The van der Waals surface area contributed by atoms with Gasteiger partial charge < -0.3 is 14.6 Å². The highest BCUT2D eigenvalue weighted by Crippen LogP contribution is 2.23. The normalized spacial score (nSPS) is 13.6. The van der Waals surface area contributed by atoms with Crippen LogP contribution >= 0.6 is 0 Å². The van der Waals surface area contributed by atoms with Crippen LogP contribution in [0, 0.1) is 0 Å². The van der Waals surface area contributed by atoms with Gasteiger partial charge in [-0.1, -0.05) is 18.2 Å². The van der Waals surface area contributed by atoms with Crippen LogP contribution in [-0.2, 0) is 22.6 Å². The van der Waals surface area contributed by atoms with Crippen molar-refractivity contribution in [3.05, 3.63) is 65.6 Å². The van der Waals surface area contributed by atoms with E-state index in [2.05, 4.69) is 10.3 Å². The van der Waals surface area contributed by atoms with Crippen molar-refractivity contribution in [2.24, 2.45) is 0 Å². The zero-order chi connectivity index (χ0) is 18.8. The van der Waals surface area contributed by atoms with Crippen molar-refractivity contribution in [2.75, 3.05) is 12.4 Å². The van der Waals surface area contributed by atoms with Crippen molar-refractivity contribution in [1.82, 2.24) is 9.88 Å². The molecule has 0 fully saturated rings. The highest BCUT2D eigenvalue weighted by Gasteiger charge is 2.16. The maximum Gasteiger partial charge on any atom is 0.246 e. The van der Waals surface area contributed by atoms with Crippen LogP contribution in [0.4, 0.5) is 5.82 Å². The largest absolute Gasteiger partial charge is 0.464 e. The molecule has 2 aromatic heterocycles. The van der Waals surface area contributed by atoms with E-state index in [1.165, 1.54) is 6.08 Å². The molecule has 6 heteroatoms. The molecule has 0 atom stereocenters. The Morgan fingerprint density at radius 3 is 3.07 bits per heavy atom. The molecule has 2 amide bonds. The van der Waals surface area contributed by atoms with Gasteiger partial charge >= 0.3 is 0 Å². The Kier molecular flexibility index (Phi) is 4.46. The fraction of sp³-hybridized carbons (Fsp3) is 0.190. The molecule has 0 saturated heterocycles. The number of anilines is 1. The molecule has 0 aliphatic carbocycles. The molecule has 1 N–H and O–H groups in total. The quantitative estimate of drug-likeness (QED) is 0.723. The minimum Gasteiger partial charge on any atom is -0.464 e. The van der Waals surface area contributed by atoms with Crippen LogP contribution in [0.15, 0.2) is 53.3 Å². The van der Waals surface area contributed by atoms with E-state index in [1.54, 1.807) is 30.5 Å². The number of aromatic nitrogens is 1. The van der Waals surface area contributed by atoms with Crippen molar-refractivity contribution in [3.63, 3.8) is 0 Å². The first-order chi connectivity index (χ1) is 13.1. The number of furan rings is 1. The third kappa shape index (κ3) is 3.60. The number of aryl methyl sites for hydroxylation is 1. The number of nitrogens with one attached hydrogen (secondary N) is 1. The number of nitrogens with zero attached hydrogens (tertiary/aromatic N) is 2. The van der Waals surface area contributed by atoms with Crippen molar-refractivity contribution in [2.45, 2.75) is 19.4 Å². The third-order valence-corrected chi connectivity index (χ3v) is 4.63. The molecule has 1 aromatic carbocycles. The number of rotatable bonds is 4. The third-order valence-electron chi connectivity index (χ3n) is 4.63. The molecule has 6 nitrogen and oxygen atoms in total. The second-order valence-electron chi connectivity index (χ2n) is 6.61. The molecule has 3 heterocycles. The summed E-state index contributed by atoms with van der Waals surface area (Å²) in [5.74, 6) is 0.492. The van der Waals surface area contributed by atoms with Crippen molar-refractivity contribution < 1.29 is 14.0 Å². The summed E-state index contributed by atoms with van der Waals surface area (Å²) in [6.07, 6.45) is 7.75. The van der Waals surface area contributed by atoms with Gasteiger partial charge in [-0.15, -0.1) is 0 Å². The average molecular weight is 361 g/mol. The summed E-state index contributed by atoms with van der Waals surface area (Å²) in [4.78, 5) is 29.7. The molecular weight excluding hydrogens is 342 g/mol. The summed E-state index contributed by atoms with van der Waals surface area (Å²) in [6, 6.07) is 9.72. The van der Waals surface area contributed by atoms with Gasteiger partial charge in [0.05, 0.1) is 6.26 Å². The van der Waals surface area contributed by atoms with E-state index in [-0.39, 0.29) is 11.8 Å². The van der Waals surface area contributed by atoms with Gasteiger partial charge in [-0.3, -0.25) is 9.59 Å². The molecule has 3 aromatic rings. The first kappa shape index (κ1) is 17.0. The smallest absolute Gasteiger partial charge is 0.246 e. The Bertz CT molecular complexity index is 1050. The highest BCUT2D eigenvalue weighted by atomic mass is 16.3. The lowest BCUT2D eigenvalue weighted by Crippen LogP contribution is -2.24. The van der Waals surface area contributed by atoms with Gasteiger partial charge in [0.25, 0.3) is 0 Å². The number of likely N-dealkylation sites (N-methyl/N-ethyl adjacent to an activating group) is 1. The SMILES string of the molecule is CN(Cc1coc2ccccc12)C(=O)C=Cc1cnc2c(c1)CCC(=O)N2. The van der Waals surface area contributed by atoms with Crippen LogP contribution < -0.4 is 5.32 Å². The number of benzene rings is 1. The summed E-state index contributed by atoms with van der Waals surface area (Å²) in [6.45, 7) is 0.467. The predicted octanol–water partition coefficient (Wildman–Crippen LogP) is 3.38. The van der Waals surface area contributed by atoms with E-state index in [0.29, 0.717) is 25.2 Å². The standard InChI is InChI=1S/C21H19N3O3/c1-24(12-16-13-27-18-5-3-2-4-17(16)18)20(26)9-6-14-10-15-7-8-19(25)23-21(15)22-11-14/h2-6,9-11,13H,7-8,12H2,1H3,(H,22,23,25). The maximum atomic E-state index is 12.4. The van der Waals surface area contributed by atoms with Crippen molar-refractivity contribution >= 4 is 34.7 Å². The number of hydrogen-bond acceptors (Lipinski definition) is 4. The number of para-hydroxylation sites is 1. The van der Waals surface area contributed by atoms with Crippen LogP contribution in [0.1, 0.15) is 23.1 Å². The summed E-state index contributed by atoms with van der Waals surface area (Å²) >= 11 is 0. The number of carbonyl (C=O) groups excluding carboxylic acids is 2. The van der Waals surface area contributed by atoms with Gasteiger partial charge in [-0.2, -0.15) is 0 Å². The summed E-state index contributed by atoms with van der Waals surface area (Å²) in [5, 5.41) is 3.77. The Labute approximate surface area is 156 Å². The van der Waals surface area contributed by atoms with Gasteiger partial charge in [0, 0.05) is 43.2 Å².